The van der Waals surface area contributed by atoms with Crippen LogP contribution in [-0.4, -0.2) is 16.4 Å². The first-order valence-electron chi connectivity index (χ1n) is 2.94. The Morgan fingerprint density at radius 1 is 1.78 bits per heavy atom. The first-order valence-corrected chi connectivity index (χ1v) is 2.44. The Morgan fingerprint density at radius 3 is 3.33 bits per heavy atom. The molecule has 0 spiro atoms. The molecular weight excluding hydrogens is 116 g/mol. The fraction of sp³-hybridized carbons (Fsp3) is 0. The Bertz CT molecular complexity index is 249. The Labute approximate surface area is 54.1 Å². The normalized spacial score (nSPS) is 11.8. The molecule has 0 unspecified atom stereocenters. The molecule has 1 aromatic rings. The highest BCUT2D eigenvalue weighted by Gasteiger charge is 1.81. The minimum absolute atomic E-state index is 0.164. The molecule has 0 saturated heterocycles. The summed E-state index contributed by atoms with van der Waals surface area (Å²) in [5, 5.41) is 10.9. The summed E-state index contributed by atoms with van der Waals surface area (Å²) in [6.45, 7) is 0. The van der Waals surface area contributed by atoms with E-state index >= 15 is 0 Å². The van der Waals surface area contributed by atoms with Gasteiger partial charge in [-0.25, -0.2) is 0 Å². The molecule has 0 aliphatic rings. The molecule has 0 atom stereocenters. The Hall–Kier alpha value is -1.38. The zero-order valence-electron chi connectivity index (χ0n) is 5.65. The summed E-state index contributed by atoms with van der Waals surface area (Å²) >= 11 is 0. The lowest BCUT2D eigenvalue weighted by molar-refractivity contribution is 0.321. The van der Waals surface area contributed by atoms with Gasteiger partial charge in [-0.2, -0.15) is 0 Å². The second-order valence-corrected chi connectivity index (χ2v) is 1.44. The van der Waals surface area contributed by atoms with Crippen LogP contribution in [0.15, 0.2) is 29.5 Å². The second-order valence-electron chi connectivity index (χ2n) is 1.44. The molecule has 0 aliphatic carbocycles. The third-order valence-corrected chi connectivity index (χ3v) is 0.821. The zero-order chi connectivity index (χ0) is 7.40. The van der Waals surface area contributed by atoms with Gasteiger partial charge in [0.15, 0.2) is 0 Å². The van der Waals surface area contributed by atoms with Crippen LogP contribution >= 0.6 is 0 Å². The van der Waals surface area contributed by atoms with Crippen molar-refractivity contribution < 1.29 is 6.58 Å². The van der Waals surface area contributed by atoms with Crippen LogP contribution in [-0.2, 0) is 0 Å². The summed E-state index contributed by atoms with van der Waals surface area (Å²) in [7, 11) is 0. The third-order valence-electron chi connectivity index (χ3n) is 0.821. The first-order chi connectivity index (χ1) is 4.83. The third kappa shape index (κ3) is 1.53. The molecule has 1 heterocycles. The van der Waals surface area contributed by atoms with Crippen molar-refractivity contribution in [2.24, 2.45) is 5.16 Å². The van der Waals surface area contributed by atoms with Crippen LogP contribution in [0, 0.1) is 0 Å². The van der Waals surface area contributed by atoms with Gasteiger partial charge in [-0.3, -0.25) is 4.98 Å². The lowest BCUT2D eigenvalue weighted by Crippen LogP contribution is -1.83. The van der Waals surface area contributed by atoms with Crippen molar-refractivity contribution >= 4 is 6.21 Å². The summed E-state index contributed by atoms with van der Waals surface area (Å²) in [4.78, 5) is 3.72. The van der Waals surface area contributed by atoms with Crippen LogP contribution in [0.4, 0.5) is 0 Å². The van der Waals surface area contributed by atoms with Crippen molar-refractivity contribution in [2.75, 3.05) is 0 Å². The predicted molar refractivity (Wildman–Crippen MR) is 33.6 cm³/mol. The minimum atomic E-state index is 0.164. The number of pyridine rings is 1. The molecule has 9 heavy (non-hydrogen) atoms. The molecular formula is C6H6N2O. The molecule has 0 amide bonds. The van der Waals surface area contributed by atoms with Crippen LogP contribution in [0.25, 0.3) is 0 Å². The summed E-state index contributed by atoms with van der Waals surface area (Å²) < 4.78 is 7.06. The van der Waals surface area contributed by atoms with Gasteiger partial charge in [0.2, 0.25) is 0 Å². The quantitative estimate of drug-likeness (QED) is 0.343. The van der Waals surface area contributed by atoms with Crippen LogP contribution in [0.2, 0.25) is 0 Å². The van der Waals surface area contributed by atoms with E-state index in [0.29, 0.717) is 5.69 Å². The summed E-state index contributed by atoms with van der Waals surface area (Å²) in [5.74, 6) is 0. The fourth-order valence-electron chi connectivity index (χ4n) is 0.470. The van der Waals surface area contributed by atoms with Crippen molar-refractivity contribution in [3.05, 3.63) is 30.1 Å². The molecule has 1 N–H and O–H groups in total. The molecule has 0 aliphatic heterocycles. The van der Waals surface area contributed by atoms with E-state index in [2.05, 4.69) is 10.1 Å². The van der Waals surface area contributed by atoms with E-state index in [1.807, 2.05) is 0 Å². The van der Waals surface area contributed by atoms with Crippen molar-refractivity contribution in [2.45, 2.75) is 0 Å². The van der Waals surface area contributed by atoms with Gasteiger partial charge in [0.05, 0.1) is 13.3 Å². The first kappa shape index (κ1) is 4.49. The van der Waals surface area contributed by atoms with Gasteiger partial charge < -0.3 is 5.21 Å². The lowest BCUT2D eigenvalue weighted by atomic mass is 10.4. The number of hydrogen-bond donors (Lipinski definition) is 1. The lowest BCUT2D eigenvalue weighted by Gasteiger charge is -1.84. The van der Waals surface area contributed by atoms with E-state index in [0.717, 1.165) is 0 Å². The van der Waals surface area contributed by atoms with Gasteiger partial charge in [0.1, 0.15) is 0 Å². The molecule has 0 bridgehead atoms. The van der Waals surface area contributed by atoms with Crippen LogP contribution in [0.1, 0.15) is 7.06 Å². The minimum Gasteiger partial charge on any atom is -0.411 e. The maximum absolute atomic E-state index is 8.08. The molecule has 0 fully saturated rings. The topological polar surface area (TPSA) is 45.5 Å². The van der Waals surface area contributed by atoms with E-state index in [-0.39, 0.29) is 6.17 Å². The van der Waals surface area contributed by atoms with E-state index < -0.39 is 0 Å². The number of rotatable bonds is 1. The molecule has 0 radical (unpaired) electrons. The van der Waals surface area contributed by atoms with Gasteiger partial charge in [0, 0.05) is 6.17 Å². The molecule has 1 rings (SSSR count). The van der Waals surface area contributed by atoms with Gasteiger partial charge in [-0.1, -0.05) is 11.2 Å². The highest BCUT2D eigenvalue weighted by Crippen LogP contribution is 1.86. The molecule has 3 nitrogen and oxygen atoms in total. The number of aromatic nitrogens is 1. The van der Waals surface area contributed by atoms with E-state index in [4.69, 9.17) is 6.58 Å². The van der Waals surface area contributed by atoms with Gasteiger partial charge in [0.25, 0.3) is 0 Å². The smallest absolute Gasteiger partial charge is 0.0918 e. The maximum Gasteiger partial charge on any atom is 0.0918 e. The van der Waals surface area contributed by atoms with E-state index in [9.17, 15) is 0 Å². The van der Waals surface area contributed by atoms with Gasteiger partial charge >= 0.3 is 0 Å². The molecule has 46 valence electrons. The van der Waals surface area contributed by atoms with Crippen LogP contribution in [0.5, 0.6) is 0 Å². The average molecular weight is 124 g/mol. The zero-order valence-corrected chi connectivity index (χ0v) is 4.65. The van der Waals surface area contributed by atoms with E-state index in [1.165, 1.54) is 6.21 Å². The van der Waals surface area contributed by atoms with Crippen molar-refractivity contribution in [1.82, 2.24) is 4.98 Å². The molecule has 0 saturated carbocycles. The van der Waals surface area contributed by atoms with Crippen LogP contribution < -0.4 is 0 Å². The monoisotopic (exact) mass is 124 g/mol. The number of oxime groups is 1. The molecule has 1 aromatic heterocycles. The van der Waals surface area contributed by atoms with Crippen LogP contribution in [0.3, 0.4) is 0 Å². The number of nitrogens with zero attached hydrogens (tertiary/aromatic N) is 2. The fourth-order valence-corrected chi connectivity index (χ4v) is 0.470. The highest BCUT2D eigenvalue weighted by atomic mass is 16.4. The SMILES string of the molecule is [3H]c1cccc(/C=N/O)n1. The largest absolute Gasteiger partial charge is 0.411 e. The number of hydrogen-bond acceptors (Lipinski definition) is 3. The highest BCUT2D eigenvalue weighted by molar-refractivity contribution is 5.75. The van der Waals surface area contributed by atoms with Crippen molar-refractivity contribution in [1.29, 1.82) is 0 Å². The molecule has 3 heteroatoms. The van der Waals surface area contributed by atoms with Crippen molar-refractivity contribution in [3.63, 3.8) is 0 Å². The predicted octanol–water partition coefficient (Wildman–Crippen LogP) is 0.890. The van der Waals surface area contributed by atoms with Gasteiger partial charge in [-0.15, -0.1) is 0 Å². The maximum atomic E-state index is 8.08. The Kier molecular flexibility index (Phi) is 1.41. The van der Waals surface area contributed by atoms with E-state index in [1.54, 1.807) is 18.2 Å². The second kappa shape index (κ2) is 2.81. The van der Waals surface area contributed by atoms with Crippen molar-refractivity contribution in [3.8, 4) is 0 Å². The molecule has 0 aromatic carbocycles. The Morgan fingerprint density at radius 2 is 2.67 bits per heavy atom. The summed E-state index contributed by atoms with van der Waals surface area (Å²) in [6, 6.07) is 4.87. The van der Waals surface area contributed by atoms with Gasteiger partial charge in [-0.05, 0) is 12.1 Å². The average Bonchev–Trinajstić information content (AvgIpc) is 1.88. The summed E-state index contributed by atoms with van der Waals surface area (Å²) in [5.41, 5.74) is 0.481. The summed E-state index contributed by atoms with van der Waals surface area (Å²) in [6.07, 6.45) is 1.34. The Balaban J connectivity index is 2.95. The standard InChI is InChI=1S/C6H6N2O/c9-8-5-6-3-1-2-4-7-6/h1-5,9H/b8-5+/i4T.